The lowest BCUT2D eigenvalue weighted by Gasteiger charge is -2.17. The molecule has 1 atom stereocenters. The fourth-order valence-electron chi connectivity index (χ4n) is 2.83. The molecule has 0 saturated carbocycles. The number of nitrogens with one attached hydrogen (secondary N) is 1. The Morgan fingerprint density at radius 1 is 1.43 bits per heavy atom. The van der Waals surface area contributed by atoms with E-state index in [1.807, 2.05) is 0 Å². The molecule has 124 valence electrons. The van der Waals surface area contributed by atoms with E-state index in [0.29, 0.717) is 24.1 Å². The standard InChI is InChI=1S/C15H17FN2O3S2/c16-11-1-2-14-12(8-11)13(3-5-22-14)17-18-15(19)7-10-4-6-23(20,21)9-10/h1-2,8,10H,3-7,9H2,(H,18,19)/t10-/m1/s1. The molecule has 1 N–H and O–H groups in total. The predicted molar refractivity (Wildman–Crippen MR) is 87.8 cm³/mol. The number of hydrazone groups is 1. The van der Waals surface area contributed by atoms with Crippen LogP contribution in [0.5, 0.6) is 0 Å². The van der Waals surface area contributed by atoms with Gasteiger partial charge in [-0.15, -0.1) is 11.8 Å². The van der Waals surface area contributed by atoms with Crippen molar-refractivity contribution in [3.63, 3.8) is 0 Å². The maximum Gasteiger partial charge on any atom is 0.240 e. The van der Waals surface area contributed by atoms with Crippen LogP contribution in [0.2, 0.25) is 0 Å². The molecular weight excluding hydrogens is 339 g/mol. The summed E-state index contributed by atoms with van der Waals surface area (Å²) in [6, 6.07) is 4.55. The Morgan fingerprint density at radius 2 is 2.26 bits per heavy atom. The van der Waals surface area contributed by atoms with E-state index in [9.17, 15) is 17.6 Å². The second kappa shape index (κ2) is 6.60. The highest BCUT2D eigenvalue weighted by atomic mass is 32.2. The van der Waals surface area contributed by atoms with Crippen LogP contribution >= 0.6 is 11.8 Å². The van der Waals surface area contributed by atoms with Crippen LogP contribution in [0.3, 0.4) is 0 Å². The minimum Gasteiger partial charge on any atom is -0.273 e. The number of amides is 1. The van der Waals surface area contributed by atoms with E-state index >= 15 is 0 Å². The monoisotopic (exact) mass is 356 g/mol. The first-order valence-corrected chi connectivity index (χ1v) is 10.2. The fraction of sp³-hybridized carbons (Fsp3) is 0.467. The molecule has 1 amide bonds. The molecule has 8 heteroatoms. The lowest BCUT2D eigenvalue weighted by Crippen LogP contribution is -2.24. The molecule has 2 aliphatic heterocycles. The van der Waals surface area contributed by atoms with E-state index in [4.69, 9.17) is 0 Å². The molecule has 2 heterocycles. The smallest absolute Gasteiger partial charge is 0.240 e. The van der Waals surface area contributed by atoms with Crippen molar-refractivity contribution in [1.29, 1.82) is 0 Å². The van der Waals surface area contributed by atoms with Crippen LogP contribution in [0.25, 0.3) is 0 Å². The topological polar surface area (TPSA) is 75.6 Å². The molecule has 5 nitrogen and oxygen atoms in total. The number of benzene rings is 1. The Bertz CT molecular complexity index is 762. The van der Waals surface area contributed by atoms with Crippen LogP contribution < -0.4 is 5.43 Å². The highest BCUT2D eigenvalue weighted by molar-refractivity contribution is 7.99. The molecule has 23 heavy (non-hydrogen) atoms. The molecule has 1 aromatic carbocycles. The summed E-state index contributed by atoms with van der Waals surface area (Å²) in [6.07, 6.45) is 1.33. The van der Waals surface area contributed by atoms with Gasteiger partial charge in [0.25, 0.3) is 0 Å². The van der Waals surface area contributed by atoms with E-state index < -0.39 is 9.84 Å². The van der Waals surface area contributed by atoms with Crippen LogP contribution in [-0.4, -0.2) is 37.3 Å². The summed E-state index contributed by atoms with van der Waals surface area (Å²) < 4.78 is 36.2. The molecule has 3 rings (SSSR count). The number of carbonyl (C=O) groups excluding carboxylic acids is 1. The van der Waals surface area contributed by atoms with Gasteiger partial charge in [0.1, 0.15) is 5.82 Å². The van der Waals surface area contributed by atoms with E-state index in [1.54, 1.807) is 17.8 Å². The summed E-state index contributed by atoms with van der Waals surface area (Å²) in [7, 11) is -2.98. The lowest BCUT2D eigenvalue weighted by molar-refractivity contribution is -0.121. The third-order valence-electron chi connectivity index (χ3n) is 3.97. The zero-order valence-electron chi connectivity index (χ0n) is 12.4. The number of carbonyl (C=O) groups is 1. The SMILES string of the molecule is O=C(C[C@H]1CCS(=O)(=O)C1)NN=C1CCSc2ccc(F)cc21. The molecule has 0 aliphatic carbocycles. The van der Waals surface area contributed by atoms with E-state index in [2.05, 4.69) is 10.5 Å². The van der Waals surface area contributed by atoms with Crippen molar-refractivity contribution in [2.24, 2.45) is 11.0 Å². The molecule has 1 aromatic rings. The summed E-state index contributed by atoms with van der Waals surface area (Å²) in [4.78, 5) is 12.9. The maximum absolute atomic E-state index is 13.4. The van der Waals surface area contributed by atoms with Crippen LogP contribution in [0.1, 0.15) is 24.8 Å². The minimum atomic E-state index is -2.98. The average Bonchev–Trinajstić information content (AvgIpc) is 2.84. The quantitative estimate of drug-likeness (QED) is 0.840. The number of hydrogen-bond donors (Lipinski definition) is 1. The molecule has 0 unspecified atom stereocenters. The van der Waals surface area contributed by atoms with Crippen molar-refractivity contribution in [3.05, 3.63) is 29.6 Å². The second-order valence-corrected chi connectivity index (χ2v) is 9.17. The first kappa shape index (κ1) is 16.4. The highest BCUT2D eigenvalue weighted by Gasteiger charge is 2.29. The lowest BCUT2D eigenvalue weighted by atomic mass is 10.1. The minimum absolute atomic E-state index is 0.0711. The largest absolute Gasteiger partial charge is 0.273 e. The Balaban J connectivity index is 1.65. The number of rotatable bonds is 3. The summed E-state index contributed by atoms with van der Waals surface area (Å²) in [5, 5.41) is 4.13. The summed E-state index contributed by atoms with van der Waals surface area (Å²) in [5.41, 5.74) is 3.86. The predicted octanol–water partition coefficient (Wildman–Crippen LogP) is 1.97. The summed E-state index contributed by atoms with van der Waals surface area (Å²) in [5.74, 6) is 0.295. The van der Waals surface area contributed by atoms with Gasteiger partial charge in [-0.05, 0) is 30.5 Å². The van der Waals surface area contributed by atoms with Crippen molar-refractivity contribution in [3.8, 4) is 0 Å². The molecule has 0 aromatic heterocycles. The first-order valence-electron chi connectivity index (χ1n) is 7.41. The highest BCUT2D eigenvalue weighted by Crippen LogP contribution is 2.30. The number of fused-ring (bicyclic) bond motifs is 1. The third kappa shape index (κ3) is 4.11. The van der Waals surface area contributed by atoms with Crippen LogP contribution in [0.4, 0.5) is 4.39 Å². The zero-order valence-corrected chi connectivity index (χ0v) is 14.1. The van der Waals surface area contributed by atoms with E-state index in [0.717, 1.165) is 10.6 Å². The Hall–Kier alpha value is -1.41. The van der Waals surface area contributed by atoms with Gasteiger partial charge in [0.2, 0.25) is 5.91 Å². The zero-order chi connectivity index (χ0) is 16.4. The number of hydrogen-bond acceptors (Lipinski definition) is 5. The molecule has 0 radical (unpaired) electrons. The van der Waals surface area contributed by atoms with Gasteiger partial charge in [-0.2, -0.15) is 5.10 Å². The van der Waals surface area contributed by atoms with Crippen molar-refractivity contribution >= 4 is 33.2 Å². The Morgan fingerprint density at radius 3 is 3.00 bits per heavy atom. The molecule has 2 aliphatic rings. The summed E-state index contributed by atoms with van der Waals surface area (Å²) >= 11 is 1.63. The Kier molecular flexibility index (Phi) is 4.72. The third-order valence-corrected chi connectivity index (χ3v) is 6.88. The number of halogens is 1. The fourth-order valence-corrected chi connectivity index (χ4v) is 5.71. The molecule has 0 spiro atoms. The van der Waals surface area contributed by atoms with Gasteiger partial charge < -0.3 is 0 Å². The van der Waals surface area contributed by atoms with Gasteiger partial charge in [-0.1, -0.05) is 0 Å². The first-order chi connectivity index (χ1) is 10.9. The Labute approximate surface area is 138 Å². The molecule has 1 saturated heterocycles. The summed E-state index contributed by atoms with van der Waals surface area (Å²) in [6.45, 7) is 0. The van der Waals surface area contributed by atoms with Crippen molar-refractivity contribution in [2.75, 3.05) is 17.3 Å². The van der Waals surface area contributed by atoms with Crippen LogP contribution in [0, 0.1) is 11.7 Å². The molecular formula is C15H17FN2O3S2. The van der Waals surface area contributed by atoms with Gasteiger partial charge in [-0.25, -0.2) is 18.2 Å². The number of sulfone groups is 1. The number of thioether (sulfide) groups is 1. The van der Waals surface area contributed by atoms with Gasteiger partial charge in [0.05, 0.1) is 17.2 Å². The normalized spacial score (nSPS) is 24.4. The van der Waals surface area contributed by atoms with Crippen molar-refractivity contribution in [1.82, 2.24) is 5.43 Å². The van der Waals surface area contributed by atoms with Gasteiger partial charge in [0, 0.05) is 29.1 Å². The van der Waals surface area contributed by atoms with Crippen molar-refractivity contribution < 1.29 is 17.6 Å². The van der Waals surface area contributed by atoms with Gasteiger partial charge >= 0.3 is 0 Å². The number of nitrogens with zero attached hydrogens (tertiary/aromatic N) is 1. The molecule has 1 fully saturated rings. The van der Waals surface area contributed by atoms with Crippen LogP contribution in [0.15, 0.2) is 28.2 Å². The maximum atomic E-state index is 13.4. The molecule has 0 bridgehead atoms. The van der Waals surface area contributed by atoms with Crippen molar-refractivity contribution in [2.45, 2.75) is 24.2 Å². The van der Waals surface area contributed by atoms with Gasteiger partial charge in [0.15, 0.2) is 9.84 Å². The van der Waals surface area contributed by atoms with Crippen LogP contribution in [-0.2, 0) is 14.6 Å². The van der Waals surface area contributed by atoms with E-state index in [1.165, 1.54) is 12.1 Å². The second-order valence-electron chi connectivity index (χ2n) is 5.81. The van der Waals surface area contributed by atoms with Gasteiger partial charge in [-0.3, -0.25) is 4.79 Å². The van der Waals surface area contributed by atoms with E-state index in [-0.39, 0.29) is 35.6 Å². The average molecular weight is 356 g/mol.